The monoisotopic (exact) mass is 191 g/mol. The molecule has 5 heteroatoms. The van der Waals surface area contributed by atoms with Gasteiger partial charge in [0, 0.05) is 6.20 Å². The van der Waals surface area contributed by atoms with Gasteiger partial charge in [0.05, 0.1) is 6.04 Å². The van der Waals surface area contributed by atoms with Crippen LogP contribution in [-0.2, 0) is 0 Å². The Morgan fingerprint density at radius 2 is 2.64 bits per heavy atom. The SMILES string of the molecule is CCC1COc2nc(=O)c(C#N)cn21. The summed E-state index contributed by atoms with van der Waals surface area (Å²) in [6, 6.07) is 2.32. The van der Waals surface area contributed by atoms with Crippen molar-refractivity contribution in [2.75, 3.05) is 6.61 Å². The second-order valence-corrected chi connectivity index (χ2v) is 3.13. The number of hydrogen-bond acceptors (Lipinski definition) is 4. The van der Waals surface area contributed by atoms with Crippen molar-refractivity contribution in [3.05, 3.63) is 22.1 Å². The standard InChI is InChI=1S/C9H9N3O2/c1-2-7-5-14-9-11-8(13)6(3-10)4-12(7)9/h4,7H,2,5H2,1H3. The number of fused-ring (bicyclic) bond motifs is 1. The molecule has 2 rings (SSSR count). The second kappa shape index (κ2) is 3.14. The van der Waals surface area contributed by atoms with Gasteiger partial charge in [-0.05, 0) is 6.42 Å². The highest BCUT2D eigenvalue weighted by molar-refractivity contribution is 5.25. The molecule has 5 nitrogen and oxygen atoms in total. The molecule has 0 spiro atoms. The first-order valence-corrected chi connectivity index (χ1v) is 4.42. The Hall–Kier alpha value is -1.83. The van der Waals surface area contributed by atoms with Gasteiger partial charge in [-0.15, -0.1) is 0 Å². The van der Waals surface area contributed by atoms with E-state index in [4.69, 9.17) is 10.00 Å². The first-order valence-electron chi connectivity index (χ1n) is 4.42. The van der Waals surface area contributed by atoms with Gasteiger partial charge in [-0.2, -0.15) is 10.2 Å². The Morgan fingerprint density at radius 3 is 3.29 bits per heavy atom. The highest BCUT2D eigenvalue weighted by Gasteiger charge is 2.23. The molecule has 1 aromatic rings. The lowest BCUT2D eigenvalue weighted by Crippen LogP contribution is -2.15. The summed E-state index contributed by atoms with van der Waals surface area (Å²) in [5, 5.41) is 8.66. The Balaban J connectivity index is 2.57. The average molecular weight is 191 g/mol. The van der Waals surface area contributed by atoms with Gasteiger partial charge in [-0.3, -0.25) is 9.36 Å². The molecule has 0 saturated carbocycles. The van der Waals surface area contributed by atoms with Crippen molar-refractivity contribution in [1.82, 2.24) is 9.55 Å². The molecule has 0 amide bonds. The van der Waals surface area contributed by atoms with Crippen molar-refractivity contribution >= 4 is 0 Å². The van der Waals surface area contributed by atoms with Crippen LogP contribution in [0.2, 0.25) is 0 Å². The van der Waals surface area contributed by atoms with E-state index in [0.717, 1.165) is 6.42 Å². The fourth-order valence-corrected chi connectivity index (χ4v) is 1.47. The maximum Gasteiger partial charge on any atom is 0.300 e. The predicted molar refractivity (Wildman–Crippen MR) is 48.0 cm³/mol. The van der Waals surface area contributed by atoms with Crippen LogP contribution in [0.15, 0.2) is 11.0 Å². The number of aromatic nitrogens is 2. The molecular weight excluding hydrogens is 182 g/mol. The van der Waals surface area contributed by atoms with Gasteiger partial charge in [0.15, 0.2) is 0 Å². The molecule has 0 aliphatic carbocycles. The summed E-state index contributed by atoms with van der Waals surface area (Å²) in [7, 11) is 0. The number of hydrogen-bond donors (Lipinski definition) is 0. The number of nitriles is 1. The van der Waals surface area contributed by atoms with Crippen LogP contribution in [0.5, 0.6) is 6.01 Å². The van der Waals surface area contributed by atoms with Crippen LogP contribution < -0.4 is 10.3 Å². The minimum absolute atomic E-state index is 0.0673. The smallest absolute Gasteiger partial charge is 0.300 e. The van der Waals surface area contributed by atoms with E-state index in [1.165, 1.54) is 6.20 Å². The zero-order valence-corrected chi connectivity index (χ0v) is 7.73. The second-order valence-electron chi connectivity index (χ2n) is 3.13. The molecule has 1 aromatic heterocycles. The minimum Gasteiger partial charge on any atom is -0.462 e. The molecule has 0 radical (unpaired) electrons. The third-order valence-electron chi connectivity index (χ3n) is 2.31. The van der Waals surface area contributed by atoms with Gasteiger partial charge in [0.2, 0.25) is 0 Å². The molecule has 1 atom stereocenters. The van der Waals surface area contributed by atoms with Gasteiger partial charge in [0.25, 0.3) is 11.6 Å². The Morgan fingerprint density at radius 1 is 1.86 bits per heavy atom. The van der Waals surface area contributed by atoms with Gasteiger partial charge in [0.1, 0.15) is 18.2 Å². The summed E-state index contributed by atoms with van der Waals surface area (Å²) in [5.41, 5.74) is -0.451. The van der Waals surface area contributed by atoms with Gasteiger partial charge < -0.3 is 4.74 Å². The predicted octanol–water partition coefficient (Wildman–Crippen LogP) is 0.458. The van der Waals surface area contributed by atoms with Crippen molar-refractivity contribution < 1.29 is 4.74 Å². The minimum atomic E-state index is -0.518. The average Bonchev–Trinajstić information content (AvgIpc) is 2.58. The largest absolute Gasteiger partial charge is 0.462 e. The topological polar surface area (TPSA) is 67.9 Å². The van der Waals surface area contributed by atoms with Crippen molar-refractivity contribution in [2.24, 2.45) is 0 Å². The highest BCUT2D eigenvalue weighted by atomic mass is 16.5. The van der Waals surface area contributed by atoms with Gasteiger partial charge in [-0.25, -0.2) is 0 Å². The molecule has 1 aliphatic rings. The maximum absolute atomic E-state index is 11.2. The zero-order valence-electron chi connectivity index (χ0n) is 7.73. The Labute approximate surface area is 80.6 Å². The van der Waals surface area contributed by atoms with Gasteiger partial charge in [-0.1, -0.05) is 6.92 Å². The normalized spacial score (nSPS) is 18.4. The van der Waals surface area contributed by atoms with Crippen molar-refractivity contribution in [1.29, 1.82) is 5.26 Å². The summed E-state index contributed by atoms with van der Waals surface area (Å²) in [6.07, 6.45) is 2.41. The molecule has 0 N–H and O–H groups in total. The van der Waals surface area contributed by atoms with E-state index < -0.39 is 5.56 Å². The fourth-order valence-electron chi connectivity index (χ4n) is 1.47. The van der Waals surface area contributed by atoms with E-state index in [1.807, 2.05) is 13.0 Å². The van der Waals surface area contributed by atoms with E-state index in [0.29, 0.717) is 12.6 Å². The van der Waals surface area contributed by atoms with Crippen LogP contribution in [0.4, 0.5) is 0 Å². The quantitative estimate of drug-likeness (QED) is 0.646. The summed E-state index contributed by atoms with van der Waals surface area (Å²) in [4.78, 5) is 14.9. The summed E-state index contributed by atoms with van der Waals surface area (Å²) in [6.45, 7) is 2.55. The molecule has 0 fully saturated rings. The molecule has 0 aromatic carbocycles. The lowest BCUT2D eigenvalue weighted by molar-refractivity contribution is 0.316. The van der Waals surface area contributed by atoms with E-state index in [2.05, 4.69) is 4.98 Å². The van der Waals surface area contributed by atoms with E-state index in [9.17, 15) is 4.79 Å². The van der Waals surface area contributed by atoms with Crippen LogP contribution in [-0.4, -0.2) is 16.2 Å². The lowest BCUT2D eigenvalue weighted by atomic mass is 10.2. The van der Waals surface area contributed by atoms with Crippen molar-refractivity contribution in [3.63, 3.8) is 0 Å². The van der Waals surface area contributed by atoms with Crippen LogP contribution in [0.25, 0.3) is 0 Å². The van der Waals surface area contributed by atoms with Crippen LogP contribution >= 0.6 is 0 Å². The Bertz CT molecular complexity index is 458. The first-order chi connectivity index (χ1) is 6.76. The van der Waals surface area contributed by atoms with Crippen LogP contribution in [0.1, 0.15) is 24.9 Å². The summed E-state index contributed by atoms with van der Waals surface area (Å²) < 4.78 is 6.97. The summed E-state index contributed by atoms with van der Waals surface area (Å²) >= 11 is 0. The van der Waals surface area contributed by atoms with E-state index in [1.54, 1.807) is 4.57 Å². The third-order valence-corrected chi connectivity index (χ3v) is 2.31. The van der Waals surface area contributed by atoms with Gasteiger partial charge >= 0.3 is 0 Å². The molecular formula is C9H9N3O2. The van der Waals surface area contributed by atoms with Crippen LogP contribution in [0, 0.1) is 11.3 Å². The molecule has 1 aliphatic heterocycles. The lowest BCUT2D eigenvalue weighted by Gasteiger charge is -2.07. The maximum atomic E-state index is 11.2. The Kier molecular flexibility index (Phi) is 1.97. The molecule has 1 unspecified atom stereocenters. The molecule has 14 heavy (non-hydrogen) atoms. The third kappa shape index (κ3) is 1.16. The molecule has 0 bridgehead atoms. The molecule has 2 heterocycles. The number of nitrogens with zero attached hydrogens (tertiary/aromatic N) is 3. The highest BCUT2D eigenvalue weighted by Crippen LogP contribution is 2.24. The first kappa shape index (κ1) is 8.75. The van der Waals surface area contributed by atoms with Crippen LogP contribution in [0.3, 0.4) is 0 Å². The number of ether oxygens (including phenoxy) is 1. The van der Waals surface area contributed by atoms with E-state index in [-0.39, 0.29) is 11.6 Å². The van der Waals surface area contributed by atoms with E-state index >= 15 is 0 Å². The van der Waals surface area contributed by atoms with Crippen molar-refractivity contribution in [3.8, 4) is 12.1 Å². The fraction of sp³-hybridized carbons (Fsp3) is 0.444. The number of rotatable bonds is 1. The zero-order chi connectivity index (χ0) is 10.1. The molecule has 0 saturated heterocycles. The van der Waals surface area contributed by atoms with Crippen molar-refractivity contribution in [2.45, 2.75) is 19.4 Å². The summed E-state index contributed by atoms with van der Waals surface area (Å²) in [5.74, 6) is 0. The molecule has 72 valence electrons.